The molecule has 0 fully saturated rings. The molecule has 0 unspecified atom stereocenters. The number of rotatable bonds is 0. The van der Waals surface area contributed by atoms with Gasteiger partial charge in [-0.05, 0) is 13.8 Å². The first-order valence-electron chi connectivity index (χ1n) is 1.82. The number of carbonyl (C=O) groups excluding carboxylic acids is 2. The van der Waals surface area contributed by atoms with Crippen LogP contribution in [0.5, 0.6) is 0 Å². The summed E-state index contributed by atoms with van der Waals surface area (Å²) < 4.78 is 0. The van der Waals surface area contributed by atoms with Gasteiger partial charge in [-0.25, -0.2) is 0 Å². The van der Waals surface area contributed by atoms with Crippen molar-refractivity contribution in [2.45, 2.75) is 13.8 Å². The van der Waals surface area contributed by atoms with Gasteiger partial charge < -0.3 is 19.8 Å². The minimum atomic E-state index is -1.08. The van der Waals surface area contributed by atoms with E-state index in [1.807, 2.05) is 0 Å². The fourth-order valence-corrected chi connectivity index (χ4v) is 0. The van der Waals surface area contributed by atoms with Gasteiger partial charge in [0.1, 0.15) is 0 Å². The number of carboxylic acid groups (broad SMARTS) is 2. The van der Waals surface area contributed by atoms with Crippen LogP contribution >= 0.6 is 0 Å². The Morgan fingerprint density at radius 3 is 0.900 bits per heavy atom. The molecule has 4 nitrogen and oxygen atoms in total. The maximum atomic E-state index is 8.89. The van der Waals surface area contributed by atoms with E-state index in [4.69, 9.17) is 19.8 Å². The van der Waals surface area contributed by atoms with Gasteiger partial charge in [-0.1, -0.05) is 0 Å². The Balaban J connectivity index is -0.0000000300. The Hall–Kier alpha value is 0.680. The van der Waals surface area contributed by atoms with Gasteiger partial charge >= 0.3 is 51.7 Å². The van der Waals surface area contributed by atoms with Crippen LogP contribution in [0.2, 0.25) is 0 Å². The molecular weight excluding hydrogens is 342 g/mol. The van der Waals surface area contributed by atoms with Crippen molar-refractivity contribution in [2.24, 2.45) is 0 Å². The van der Waals surface area contributed by atoms with Crippen LogP contribution in [0.3, 0.4) is 0 Å². The van der Waals surface area contributed by atoms with Crippen LogP contribution in [-0.4, -0.2) is 63.6 Å². The van der Waals surface area contributed by atoms with E-state index in [9.17, 15) is 0 Å². The monoisotopic (exact) mass is 348 g/mol. The molecule has 0 rings (SSSR count). The molecule has 0 amide bonds. The number of aliphatic carboxylic acids is 2. The zero-order valence-electron chi connectivity index (χ0n) is 5.79. The Bertz CT molecular complexity index is 73.3. The van der Waals surface area contributed by atoms with Gasteiger partial charge in [0.05, 0.1) is 0 Å². The standard InChI is InChI=1S/2C2H4O2.2In/c2*1-2(3)4;;/h2*1H3,(H,3,4);;/q;;2*+3/p-2. The predicted molar refractivity (Wildman–Crippen MR) is 32.9 cm³/mol. The third kappa shape index (κ3) is 1110. The van der Waals surface area contributed by atoms with Crippen LogP contribution in [0.15, 0.2) is 0 Å². The second-order valence-electron chi connectivity index (χ2n) is 0.983. The van der Waals surface area contributed by atoms with Crippen LogP contribution in [0.25, 0.3) is 0 Å². The fraction of sp³-hybridized carbons (Fsp3) is 0.500. The summed E-state index contributed by atoms with van der Waals surface area (Å²) in [4.78, 5) is 17.8. The van der Waals surface area contributed by atoms with E-state index in [-0.39, 0.29) is 51.7 Å². The second kappa shape index (κ2) is 16.3. The first-order valence-corrected chi connectivity index (χ1v) is 1.82. The Morgan fingerprint density at radius 2 is 0.900 bits per heavy atom. The first kappa shape index (κ1) is 22.4. The van der Waals surface area contributed by atoms with E-state index in [1.165, 1.54) is 0 Å². The molecule has 10 heavy (non-hydrogen) atoms. The summed E-state index contributed by atoms with van der Waals surface area (Å²) in [5, 5.41) is 17.8. The summed E-state index contributed by atoms with van der Waals surface area (Å²) in [7, 11) is 0. The van der Waals surface area contributed by atoms with Crippen LogP contribution < -0.4 is 10.2 Å². The fourth-order valence-electron chi connectivity index (χ4n) is 0. The Labute approximate surface area is 96.6 Å². The molecule has 0 bridgehead atoms. The van der Waals surface area contributed by atoms with Crippen molar-refractivity contribution in [2.75, 3.05) is 0 Å². The number of carbonyl (C=O) groups is 2. The predicted octanol–water partition coefficient (Wildman–Crippen LogP) is -3.25. The molecule has 0 aromatic carbocycles. The van der Waals surface area contributed by atoms with E-state index < -0.39 is 11.9 Å². The molecule has 48 valence electrons. The minimum absolute atomic E-state index is 0. The van der Waals surface area contributed by atoms with Crippen LogP contribution in [0, 0.1) is 0 Å². The van der Waals surface area contributed by atoms with Gasteiger partial charge in [0.15, 0.2) is 0 Å². The molecule has 0 heterocycles. The van der Waals surface area contributed by atoms with Gasteiger partial charge in [0.2, 0.25) is 0 Å². The van der Waals surface area contributed by atoms with Crippen molar-refractivity contribution in [1.82, 2.24) is 0 Å². The molecule has 0 saturated carbocycles. The van der Waals surface area contributed by atoms with Crippen LogP contribution in [0.4, 0.5) is 0 Å². The smallest absolute Gasteiger partial charge is 0.550 e. The van der Waals surface area contributed by atoms with Gasteiger partial charge in [-0.3, -0.25) is 0 Å². The average Bonchev–Trinajstić information content (AvgIpc) is 1.25. The Morgan fingerprint density at radius 1 is 0.900 bits per heavy atom. The maximum Gasteiger partial charge on any atom is 3.00 e. The number of hydrogen-bond donors (Lipinski definition) is 0. The largest absolute Gasteiger partial charge is 3.00 e. The third-order valence-corrected chi connectivity index (χ3v) is 0. The van der Waals surface area contributed by atoms with Crippen molar-refractivity contribution < 1.29 is 19.8 Å². The van der Waals surface area contributed by atoms with Crippen molar-refractivity contribution in [3.8, 4) is 0 Å². The van der Waals surface area contributed by atoms with Gasteiger partial charge in [-0.2, -0.15) is 0 Å². The molecule has 0 radical (unpaired) electrons. The molecule has 0 atom stereocenters. The SMILES string of the molecule is CC(=O)[O-].CC(=O)[O-].[In+3].[In+3]. The Kier molecular flexibility index (Phi) is 36.7. The van der Waals surface area contributed by atoms with E-state index in [2.05, 4.69) is 0 Å². The normalized spacial score (nSPS) is 5.00. The van der Waals surface area contributed by atoms with Crippen molar-refractivity contribution in [3.63, 3.8) is 0 Å². The zero-order chi connectivity index (χ0) is 7.15. The van der Waals surface area contributed by atoms with Crippen LogP contribution in [0.1, 0.15) is 13.8 Å². The summed E-state index contributed by atoms with van der Waals surface area (Å²) in [5.41, 5.74) is 0. The summed E-state index contributed by atoms with van der Waals surface area (Å²) in [6, 6.07) is 0. The topological polar surface area (TPSA) is 80.3 Å². The molecule has 0 aliphatic heterocycles. The first-order chi connectivity index (χ1) is 3.46. The molecule has 0 aliphatic carbocycles. The number of carboxylic acids is 2. The molecule has 0 aromatic heterocycles. The maximum absolute atomic E-state index is 8.89. The third-order valence-electron chi connectivity index (χ3n) is 0. The zero-order valence-corrected chi connectivity index (χ0v) is 12.4. The quantitative estimate of drug-likeness (QED) is 0.461. The van der Waals surface area contributed by atoms with Gasteiger partial charge in [-0.15, -0.1) is 0 Å². The second-order valence-corrected chi connectivity index (χ2v) is 0.983. The van der Waals surface area contributed by atoms with E-state index in [1.54, 1.807) is 0 Å². The van der Waals surface area contributed by atoms with Crippen LogP contribution in [-0.2, 0) is 9.59 Å². The van der Waals surface area contributed by atoms with Gasteiger partial charge in [0.25, 0.3) is 0 Å². The van der Waals surface area contributed by atoms with Gasteiger partial charge in [0, 0.05) is 11.9 Å². The van der Waals surface area contributed by atoms with Crippen molar-refractivity contribution >= 4 is 63.6 Å². The minimum Gasteiger partial charge on any atom is -0.550 e. The summed E-state index contributed by atoms with van der Waals surface area (Å²) >= 11 is 0. The average molecular weight is 348 g/mol. The summed E-state index contributed by atoms with van der Waals surface area (Å²) in [6.45, 7) is 1.94. The molecule has 0 spiro atoms. The summed E-state index contributed by atoms with van der Waals surface area (Å²) in [5.74, 6) is -2.17. The van der Waals surface area contributed by atoms with E-state index in [0.29, 0.717) is 0 Å². The molecule has 0 aromatic rings. The molecular formula is C4H6In2O4+4. The van der Waals surface area contributed by atoms with Crippen molar-refractivity contribution in [3.05, 3.63) is 0 Å². The summed E-state index contributed by atoms with van der Waals surface area (Å²) in [6.07, 6.45) is 0. The molecule has 0 saturated heterocycles. The van der Waals surface area contributed by atoms with E-state index in [0.717, 1.165) is 13.8 Å². The van der Waals surface area contributed by atoms with E-state index >= 15 is 0 Å². The molecule has 6 heteroatoms. The van der Waals surface area contributed by atoms with Crippen molar-refractivity contribution in [1.29, 1.82) is 0 Å². The number of hydrogen-bond acceptors (Lipinski definition) is 4. The molecule has 0 N–H and O–H groups in total. The molecule has 0 aliphatic rings.